The lowest BCUT2D eigenvalue weighted by Crippen LogP contribution is -2.49. The smallest absolute Gasteiger partial charge is 0.308 e. The van der Waals surface area contributed by atoms with Gasteiger partial charge in [0.2, 0.25) is 5.91 Å². The molecular formula is C30H34N2O3. The van der Waals surface area contributed by atoms with E-state index in [1.807, 2.05) is 84.9 Å². The molecule has 1 fully saturated rings. The van der Waals surface area contributed by atoms with Crippen LogP contribution in [0.15, 0.2) is 84.9 Å². The number of nitrogens with zero attached hydrogens (tertiary/aromatic N) is 1. The number of carbonyl (C=O) groups excluding carboxylic acids is 2. The third kappa shape index (κ3) is 5.63. The fourth-order valence-corrected chi connectivity index (χ4v) is 5.47. The number of unbranched alkanes of at least 4 members (excludes halogenated alkanes) is 1. The van der Waals surface area contributed by atoms with E-state index < -0.39 is 5.41 Å². The maximum atomic E-state index is 13.2. The monoisotopic (exact) mass is 470 g/mol. The van der Waals surface area contributed by atoms with E-state index in [0.29, 0.717) is 5.75 Å². The highest BCUT2D eigenvalue weighted by Gasteiger charge is 2.49. The van der Waals surface area contributed by atoms with Crippen LogP contribution in [0.3, 0.4) is 0 Å². The molecular weight excluding hydrogens is 436 g/mol. The average Bonchev–Trinajstić information content (AvgIpc) is 3.33. The van der Waals surface area contributed by atoms with E-state index in [9.17, 15) is 9.59 Å². The zero-order valence-electron chi connectivity index (χ0n) is 20.4. The fraction of sp³-hybridized carbons (Fsp3) is 0.333. The van der Waals surface area contributed by atoms with Gasteiger partial charge in [-0.15, -0.1) is 0 Å². The summed E-state index contributed by atoms with van der Waals surface area (Å²) in [5.41, 5.74) is 8.55. The molecule has 0 aromatic heterocycles. The first kappa shape index (κ1) is 24.7. The average molecular weight is 471 g/mol. The molecule has 35 heavy (non-hydrogen) atoms. The molecule has 3 aromatic rings. The number of benzene rings is 3. The normalized spacial score (nSPS) is 16.2. The van der Waals surface area contributed by atoms with Crippen molar-refractivity contribution < 1.29 is 14.3 Å². The van der Waals surface area contributed by atoms with Crippen LogP contribution in [-0.2, 0) is 21.4 Å². The van der Waals surface area contributed by atoms with Crippen molar-refractivity contribution in [3.63, 3.8) is 0 Å². The van der Waals surface area contributed by atoms with E-state index in [-0.39, 0.29) is 17.8 Å². The van der Waals surface area contributed by atoms with Crippen LogP contribution in [0, 0.1) is 5.92 Å². The van der Waals surface area contributed by atoms with Gasteiger partial charge >= 0.3 is 5.97 Å². The van der Waals surface area contributed by atoms with E-state index in [2.05, 4.69) is 4.90 Å². The van der Waals surface area contributed by atoms with Gasteiger partial charge in [-0.2, -0.15) is 0 Å². The van der Waals surface area contributed by atoms with Crippen LogP contribution < -0.4 is 10.5 Å². The van der Waals surface area contributed by atoms with Crippen molar-refractivity contribution in [2.75, 3.05) is 19.6 Å². The van der Waals surface area contributed by atoms with Crippen molar-refractivity contribution in [2.24, 2.45) is 11.7 Å². The van der Waals surface area contributed by atoms with E-state index >= 15 is 0 Å². The first-order chi connectivity index (χ1) is 17.0. The van der Waals surface area contributed by atoms with Crippen LogP contribution in [0.1, 0.15) is 42.9 Å². The Morgan fingerprint density at radius 1 is 0.914 bits per heavy atom. The predicted octanol–water partition coefficient (Wildman–Crippen LogP) is 4.73. The molecule has 5 nitrogen and oxygen atoms in total. The van der Waals surface area contributed by atoms with Crippen molar-refractivity contribution in [3.05, 3.63) is 102 Å². The van der Waals surface area contributed by atoms with Gasteiger partial charge in [-0.3, -0.25) is 9.59 Å². The van der Waals surface area contributed by atoms with Gasteiger partial charge in [0.05, 0.1) is 0 Å². The van der Waals surface area contributed by atoms with Crippen LogP contribution in [0.25, 0.3) is 0 Å². The van der Waals surface area contributed by atoms with E-state index in [0.717, 1.165) is 56.4 Å². The molecule has 5 heteroatoms. The molecule has 0 aliphatic carbocycles. The highest BCUT2D eigenvalue weighted by molar-refractivity contribution is 5.91. The molecule has 0 spiro atoms. The third-order valence-corrected chi connectivity index (χ3v) is 7.11. The number of esters is 1. The number of aryl methyl sites for hydroxylation is 1. The highest BCUT2D eigenvalue weighted by Crippen LogP contribution is 2.43. The minimum Gasteiger partial charge on any atom is -0.427 e. The molecule has 182 valence electrons. The molecule has 4 rings (SSSR count). The van der Waals surface area contributed by atoms with Crippen molar-refractivity contribution in [1.29, 1.82) is 0 Å². The van der Waals surface area contributed by atoms with Crippen molar-refractivity contribution in [2.45, 2.75) is 38.0 Å². The van der Waals surface area contributed by atoms with Gasteiger partial charge in [-0.05, 0) is 73.5 Å². The number of ether oxygens (including phenoxy) is 1. The molecule has 1 heterocycles. The Morgan fingerprint density at radius 2 is 1.51 bits per heavy atom. The minimum absolute atomic E-state index is 0.124. The van der Waals surface area contributed by atoms with Gasteiger partial charge in [-0.1, -0.05) is 72.8 Å². The summed E-state index contributed by atoms with van der Waals surface area (Å²) < 4.78 is 5.10. The van der Waals surface area contributed by atoms with E-state index in [4.69, 9.17) is 10.5 Å². The summed E-state index contributed by atoms with van der Waals surface area (Å²) in [6, 6.07) is 27.8. The Balaban J connectivity index is 1.39. The van der Waals surface area contributed by atoms with Crippen LogP contribution in [-0.4, -0.2) is 36.4 Å². The second-order valence-electron chi connectivity index (χ2n) is 9.39. The van der Waals surface area contributed by atoms with Gasteiger partial charge in [0.25, 0.3) is 0 Å². The Bertz CT molecular complexity index is 1070. The van der Waals surface area contributed by atoms with E-state index in [1.165, 1.54) is 12.5 Å². The van der Waals surface area contributed by atoms with Gasteiger partial charge in [0.1, 0.15) is 11.2 Å². The predicted molar refractivity (Wildman–Crippen MR) is 138 cm³/mol. The molecule has 1 unspecified atom stereocenters. The molecule has 1 atom stereocenters. The number of amides is 1. The lowest BCUT2D eigenvalue weighted by Gasteiger charge is -2.37. The Hall–Kier alpha value is -3.44. The Kier molecular flexibility index (Phi) is 7.98. The first-order valence-electron chi connectivity index (χ1n) is 12.4. The van der Waals surface area contributed by atoms with E-state index in [1.54, 1.807) is 0 Å². The van der Waals surface area contributed by atoms with Crippen LogP contribution in [0.5, 0.6) is 5.75 Å². The van der Waals surface area contributed by atoms with Crippen LogP contribution in [0.2, 0.25) is 0 Å². The van der Waals surface area contributed by atoms with Crippen LogP contribution >= 0.6 is 0 Å². The Labute approximate surface area is 207 Å². The second kappa shape index (κ2) is 11.3. The lowest BCUT2D eigenvalue weighted by molar-refractivity contribution is -0.132. The molecule has 0 saturated carbocycles. The standard InChI is InChI=1S/C30H34N2O3/c1-23(33)35-28-17-15-24(16-18-28)10-8-9-20-32-21-19-27(22-32)30(29(31)34,25-11-4-2-5-12-25)26-13-6-3-7-14-26/h2-7,11-18,27H,8-10,19-22H2,1H3,(H2,31,34). The number of hydrogen-bond acceptors (Lipinski definition) is 4. The van der Waals surface area contributed by atoms with Crippen molar-refractivity contribution in [3.8, 4) is 5.75 Å². The maximum Gasteiger partial charge on any atom is 0.308 e. The number of rotatable bonds is 10. The summed E-state index contributed by atoms with van der Waals surface area (Å²) >= 11 is 0. The molecule has 1 aliphatic heterocycles. The lowest BCUT2D eigenvalue weighted by atomic mass is 9.64. The molecule has 0 radical (unpaired) electrons. The zero-order valence-corrected chi connectivity index (χ0v) is 20.4. The zero-order chi connectivity index (χ0) is 24.7. The number of carbonyl (C=O) groups is 2. The molecule has 2 N–H and O–H groups in total. The molecule has 0 bridgehead atoms. The summed E-state index contributed by atoms with van der Waals surface area (Å²) in [6.45, 7) is 4.23. The summed E-state index contributed by atoms with van der Waals surface area (Å²) in [4.78, 5) is 26.7. The summed E-state index contributed by atoms with van der Waals surface area (Å²) in [5, 5.41) is 0. The first-order valence-corrected chi connectivity index (χ1v) is 12.4. The minimum atomic E-state index is -0.832. The third-order valence-electron chi connectivity index (χ3n) is 7.11. The van der Waals surface area contributed by atoms with Crippen LogP contribution in [0.4, 0.5) is 0 Å². The topological polar surface area (TPSA) is 72.6 Å². The second-order valence-corrected chi connectivity index (χ2v) is 9.39. The number of nitrogens with two attached hydrogens (primary N) is 1. The number of hydrogen-bond donors (Lipinski definition) is 1. The quantitative estimate of drug-likeness (QED) is 0.264. The molecule has 1 amide bonds. The molecule has 1 saturated heterocycles. The van der Waals surface area contributed by atoms with Gasteiger partial charge < -0.3 is 15.4 Å². The largest absolute Gasteiger partial charge is 0.427 e. The number of likely N-dealkylation sites (tertiary alicyclic amines) is 1. The summed E-state index contributed by atoms with van der Waals surface area (Å²) in [7, 11) is 0. The summed E-state index contributed by atoms with van der Waals surface area (Å²) in [6.07, 6.45) is 4.08. The van der Waals surface area contributed by atoms with Gasteiger partial charge in [0.15, 0.2) is 0 Å². The summed E-state index contributed by atoms with van der Waals surface area (Å²) in [5.74, 6) is 0.123. The SMILES string of the molecule is CC(=O)Oc1ccc(CCCCN2CCC(C(C(N)=O)(c3ccccc3)c3ccccc3)C2)cc1. The maximum absolute atomic E-state index is 13.2. The van der Waals surface area contributed by atoms with Gasteiger partial charge in [-0.25, -0.2) is 0 Å². The fourth-order valence-electron chi connectivity index (χ4n) is 5.47. The number of primary amides is 1. The van der Waals surface area contributed by atoms with Gasteiger partial charge in [0, 0.05) is 13.5 Å². The highest BCUT2D eigenvalue weighted by atomic mass is 16.5. The van der Waals surface area contributed by atoms with Crippen molar-refractivity contribution in [1.82, 2.24) is 4.90 Å². The molecule has 1 aliphatic rings. The Morgan fingerprint density at radius 3 is 2.06 bits per heavy atom. The molecule has 3 aromatic carbocycles. The van der Waals surface area contributed by atoms with Crippen molar-refractivity contribution >= 4 is 11.9 Å².